The van der Waals surface area contributed by atoms with Gasteiger partial charge in [0.2, 0.25) is 17.7 Å². The predicted octanol–water partition coefficient (Wildman–Crippen LogP) is 1.08. The van der Waals surface area contributed by atoms with Gasteiger partial charge in [-0.2, -0.15) is 0 Å². The Bertz CT molecular complexity index is 806. The zero-order chi connectivity index (χ0) is 22.5. The highest BCUT2D eigenvalue weighted by Gasteiger charge is 2.39. The summed E-state index contributed by atoms with van der Waals surface area (Å²) in [5.74, 6) is -2.03. The number of nitrogens with two attached hydrogens (primary N) is 1. The first-order chi connectivity index (χ1) is 14.8. The van der Waals surface area contributed by atoms with Crippen LogP contribution in [-0.2, 0) is 30.3 Å². The maximum Gasteiger partial charge on any atom is 0.249 e. The molecule has 31 heavy (non-hydrogen) atoms. The molecular weight excluding hydrogens is 398 g/mol. The topological polar surface area (TPSA) is 120 Å². The highest BCUT2D eigenvalue weighted by Crippen LogP contribution is 2.32. The first kappa shape index (κ1) is 23.2. The number of fused-ring (bicyclic) bond motifs is 1. The molecule has 3 unspecified atom stereocenters. The van der Waals surface area contributed by atoms with Gasteiger partial charge in [0.1, 0.15) is 12.0 Å². The highest BCUT2D eigenvalue weighted by atomic mass is 16.5. The van der Waals surface area contributed by atoms with E-state index in [9.17, 15) is 14.4 Å². The minimum atomic E-state index is -0.911. The first-order valence-electron chi connectivity index (χ1n) is 10.9. The molecule has 8 nitrogen and oxygen atoms in total. The molecule has 8 heteroatoms. The summed E-state index contributed by atoms with van der Waals surface area (Å²) in [6.07, 6.45) is 1.12. The lowest BCUT2D eigenvalue weighted by molar-refractivity contribution is -0.137. The third-order valence-electron chi connectivity index (χ3n) is 6.13. The molecule has 4 N–H and O–H groups in total. The van der Waals surface area contributed by atoms with Crippen LogP contribution >= 0.6 is 0 Å². The predicted molar refractivity (Wildman–Crippen MR) is 115 cm³/mol. The number of methoxy groups -OCH3 is 1. The van der Waals surface area contributed by atoms with Crippen molar-refractivity contribution in [3.63, 3.8) is 0 Å². The largest absolute Gasteiger partial charge is 0.381 e. The monoisotopic (exact) mass is 431 g/mol. The minimum Gasteiger partial charge on any atom is -0.381 e. The molecule has 1 saturated heterocycles. The van der Waals surface area contributed by atoms with Crippen molar-refractivity contribution in [1.82, 2.24) is 10.6 Å². The molecule has 1 aromatic rings. The molecule has 1 aliphatic heterocycles. The Hall–Kier alpha value is -2.45. The second-order valence-electron chi connectivity index (χ2n) is 8.87. The molecule has 170 valence electrons. The molecule has 0 aromatic heterocycles. The van der Waals surface area contributed by atoms with E-state index in [0.29, 0.717) is 26.1 Å². The maximum absolute atomic E-state index is 13.0. The van der Waals surface area contributed by atoms with Gasteiger partial charge in [0.15, 0.2) is 0 Å². The zero-order valence-electron chi connectivity index (χ0n) is 18.4. The summed E-state index contributed by atoms with van der Waals surface area (Å²) < 4.78 is 10.9. The lowest BCUT2D eigenvalue weighted by Crippen LogP contribution is -2.51. The van der Waals surface area contributed by atoms with Crippen LogP contribution in [0.2, 0.25) is 0 Å². The van der Waals surface area contributed by atoms with Crippen molar-refractivity contribution in [1.29, 1.82) is 0 Å². The molecule has 0 saturated carbocycles. The van der Waals surface area contributed by atoms with Gasteiger partial charge in [-0.05, 0) is 36.3 Å². The summed E-state index contributed by atoms with van der Waals surface area (Å²) >= 11 is 0. The second-order valence-corrected chi connectivity index (χ2v) is 8.87. The third kappa shape index (κ3) is 5.43. The Labute approximate surface area is 183 Å². The number of primary amides is 1. The van der Waals surface area contributed by atoms with Crippen molar-refractivity contribution >= 4 is 17.7 Å². The summed E-state index contributed by atoms with van der Waals surface area (Å²) in [5, 5.41) is 6.05. The number of nitrogens with one attached hydrogen (secondary N) is 2. The quantitative estimate of drug-likeness (QED) is 0.506. The fourth-order valence-electron chi connectivity index (χ4n) is 4.56. The van der Waals surface area contributed by atoms with E-state index in [1.54, 1.807) is 0 Å². The smallest absolute Gasteiger partial charge is 0.249 e. The van der Waals surface area contributed by atoms with Crippen molar-refractivity contribution < 1.29 is 23.9 Å². The lowest BCUT2D eigenvalue weighted by Gasteiger charge is -2.28. The Morgan fingerprint density at radius 2 is 1.94 bits per heavy atom. The van der Waals surface area contributed by atoms with Crippen LogP contribution in [0.3, 0.4) is 0 Å². The van der Waals surface area contributed by atoms with E-state index in [1.807, 2.05) is 38.1 Å². The van der Waals surface area contributed by atoms with Crippen LogP contribution in [0.25, 0.3) is 0 Å². The van der Waals surface area contributed by atoms with Crippen LogP contribution in [0, 0.1) is 17.8 Å². The Morgan fingerprint density at radius 3 is 2.55 bits per heavy atom. The molecule has 1 aromatic carbocycles. The average molecular weight is 432 g/mol. The fourth-order valence-corrected chi connectivity index (χ4v) is 4.56. The molecule has 0 spiro atoms. The molecule has 0 radical (unpaired) electrons. The summed E-state index contributed by atoms with van der Waals surface area (Å²) in [5.41, 5.74) is 7.49. The lowest BCUT2D eigenvalue weighted by atomic mass is 9.94. The maximum atomic E-state index is 13.0. The number of rotatable bonds is 9. The molecular formula is C23H33N3O5. The van der Waals surface area contributed by atoms with Crippen molar-refractivity contribution in [2.45, 2.75) is 51.3 Å². The number of carbonyl (C=O) groups is 3. The average Bonchev–Trinajstić information content (AvgIpc) is 3.35. The van der Waals surface area contributed by atoms with Gasteiger partial charge in [0, 0.05) is 19.6 Å². The van der Waals surface area contributed by atoms with Crippen LogP contribution in [0.1, 0.15) is 43.9 Å². The van der Waals surface area contributed by atoms with E-state index in [0.717, 1.165) is 17.5 Å². The van der Waals surface area contributed by atoms with Crippen molar-refractivity contribution in [2.75, 3.05) is 20.3 Å². The Morgan fingerprint density at radius 1 is 1.19 bits per heavy atom. The van der Waals surface area contributed by atoms with Crippen molar-refractivity contribution in [2.24, 2.45) is 23.5 Å². The number of carbonyl (C=O) groups excluding carboxylic acids is 3. The van der Waals surface area contributed by atoms with E-state index in [2.05, 4.69) is 10.6 Å². The minimum absolute atomic E-state index is 0.00658. The highest BCUT2D eigenvalue weighted by molar-refractivity contribution is 5.99. The van der Waals surface area contributed by atoms with Gasteiger partial charge < -0.3 is 25.8 Å². The number of hydrogen-bond donors (Lipinski definition) is 3. The molecule has 1 fully saturated rings. The van der Waals surface area contributed by atoms with Crippen LogP contribution in [0.4, 0.5) is 0 Å². The van der Waals surface area contributed by atoms with E-state index in [4.69, 9.17) is 15.2 Å². The summed E-state index contributed by atoms with van der Waals surface area (Å²) in [6, 6.07) is 6.96. The van der Waals surface area contributed by atoms with Crippen molar-refractivity contribution in [3.05, 3.63) is 35.4 Å². The van der Waals surface area contributed by atoms with E-state index < -0.39 is 29.9 Å². The normalized spacial score (nSPS) is 24.5. The zero-order valence-corrected chi connectivity index (χ0v) is 18.4. The number of ether oxygens (including phenoxy) is 2. The molecule has 3 rings (SSSR count). The molecule has 3 amide bonds. The Balaban J connectivity index is 1.77. The number of benzene rings is 1. The summed E-state index contributed by atoms with van der Waals surface area (Å²) in [7, 11) is 1.52. The number of hydrogen-bond acceptors (Lipinski definition) is 5. The van der Waals surface area contributed by atoms with Gasteiger partial charge in [-0.1, -0.05) is 38.1 Å². The molecule has 1 aliphatic carbocycles. The first-order valence-corrected chi connectivity index (χ1v) is 10.9. The SMILES string of the molecule is COC(C(=O)N[C@@H]1Cc2ccccc2[C@H]1NC(=O)C(CC(C)C)C(N)=O)C1CCOC1. The van der Waals surface area contributed by atoms with Gasteiger partial charge in [0.25, 0.3) is 0 Å². The molecule has 0 bridgehead atoms. The van der Waals surface area contributed by atoms with Gasteiger partial charge in [0.05, 0.1) is 18.7 Å². The number of amides is 3. The van der Waals surface area contributed by atoms with E-state index in [-0.39, 0.29) is 23.8 Å². The molecule has 5 atom stereocenters. The molecule has 1 heterocycles. The van der Waals surface area contributed by atoms with Crippen LogP contribution in [0.15, 0.2) is 24.3 Å². The van der Waals surface area contributed by atoms with Crippen LogP contribution < -0.4 is 16.4 Å². The van der Waals surface area contributed by atoms with Crippen LogP contribution in [0.5, 0.6) is 0 Å². The third-order valence-corrected chi connectivity index (χ3v) is 6.13. The van der Waals surface area contributed by atoms with Gasteiger partial charge in [-0.3, -0.25) is 14.4 Å². The summed E-state index contributed by atoms with van der Waals surface area (Å²) in [6.45, 7) is 4.99. The van der Waals surface area contributed by atoms with E-state index >= 15 is 0 Å². The second kappa shape index (κ2) is 10.2. The Kier molecular flexibility index (Phi) is 7.67. The van der Waals surface area contributed by atoms with Crippen molar-refractivity contribution in [3.8, 4) is 0 Å². The van der Waals surface area contributed by atoms with Gasteiger partial charge >= 0.3 is 0 Å². The molecule has 2 aliphatic rings. The van der Waals surface area contributed by atoms with E-state index in [1.165, 1.54) is 7.11 Å². The van der Waals surface area contributed by atoms with Crippen LogP contribution in [-0.4, -0.2) is 50.2 Å². The summed E-state index contributed by atoms with van der Waals surface area (Å²) in [4.78, 5) is 37.9. The van der Waals surface area contributed by atoms with Gasteiger partial charge in [-0.15, -0.1) is 0 Å². The van der Waals surface area contributed by atoms with Gasteiger partial charge in [-0.25, -0.2) is 0 Å². The fraction of sp³-hybridized carbons (Fsp3) is 0.609. The standard InChI is InChI=1S/C23H33N3O5/c1-13(2)10-17(21(24)27)22(28)26-19-16-7-5-4-6-14(16)11-18(19)25-23(29)20(30-3)15-8-9-31-12-15/h4-7,13,15,17-20H,8-12H2,1-3H3,(H2,24,27)(H,25,29)(H,26,28)/t15?,17?,18-,19-,20?/m1/s1.